The monoisotopic (exact) mass is 313 g/mol. The molecule has 0 bridgehead atoms. The number of fused-ring (bicyclic) bond motifs is 1. The number of rotatable bonds is 3. The molecule has 3 aromatic rings. The van der Waals surface area contributed by atoms with Gasteiger partial charge in [0.05, 0.1) is 22.3 Å². The van der Waals surface area contributed by atoms with Gasteiger partial charge in [-0.05, 0) is 43.2 Å². The van der Waals surface area contributed by atoms with Gasteiger partial charge in [-0.25, -0.2) is 18.9 Å². The van der Waals surface area contributed by atoms with Crippen molar-refractivity contribution < 1.29 is 14.3 Å². The molecule has 3 rings (SSSR count). The zero-order chi connectivity index (χ0) is 16.7. The molecule has 0 saturated carbocycles. The molecule has 0 saturated heterocycles. The highest BCUT2D eigenvalue weighted by Gasteiger charge is 2.20. The molecule has 118 valence electrons. The van der Waals surface area contributed by atoms with Crippen LogP contribution in [0.2, 0.25) is 0 Å². The van der Waals surface area contributed by atoms with Gasteiger partial charge in [0.2, 0.25) is 0 Å². The molecule has 0 aliphatic carbocycles. The summed E-state index contributed by atoms with van der Waals surface area (Å²) in [6, 6.07) is 7.45. The second kappa shape index (κ2) is 5.46. The van der Waals surface area contributed by atoms with Crippen LogP contribution in [-0.2, 0) is 0 Å². The van der Waals surface area contributed by atoms with Crippen molar-refractivity contribution >= 4 is 17.0 Å². The highest BCUT2D eigenvalue weighted by molar-refractivity contribution is 6.03. The van der Waals surface area contributed by atoms with E-state index in [9.17, 15) is 14.3 Å². The number of carboxylic acid groups (broad SMARTS) is 1. The molecule has 5 nitrogen and oxygen atoms in total. The lowest BCUT2D eigenvalue weighted by Gasteiger charge is -2.09. The number of hydrogen-bond acceptors (Lipinski definition) is 3. The first-order chi connectivity index (χ1) is 10.9. The molecule has 1 N–H and O–H groups in total. The molecule has 0 aliphatic heterocycles. The fourth-order valence-electron chi connectivity index (χ4n) is 2.54. The van der Waals surface area contributed by atoms with E-state index in [1.165, 1.54) is 12.1 Å². The fourth-order valence-corrected chi connectivity index (χ4v) is 2.54. The van der Waals surface area contributed by atoms with E-state index < -0.39 is 5.97 Å². The van der Waals surface area contributed by atoms with Gasteiger partial charge in [0.15, 0.2) is 5.65 Å². The smallest absolute Gasteiger partial charge is 0.336 e. The molecule has 0 unspecified atom stereocenters. The van der Waals surface area contributed by atoms with Crippen LogP contribution in [0.15, 0.2) is 30.3 Å². The third-order valence-electron chi connectivity index (χ3n) is 3.73. The maximum Gasteiger partial charge on any atom is 0.336 e. The van der Waals surface area contributed by atoms with Crippen molar-refractivity contribution in [3.05, 3.63) is 53.1 Å². The third-order valence-corrected chi connectivity index (χ3v) is 3.73. The Labute approximate surface area is 132 Å². The van der Waals surface area contributed by atoms with E-state index in [1.807, 2.05) is 13.8 Å². The average molecular weight is 313 g/mol. The van der Waals surface area contributed by atoms with Crippen molar-refractivity contribution in [2.45, 2.75) is 26.7 Å². The van der Waals surface area contributed by atoms with Crippen molar-refractivity contribution in [2.75, 3.05) is 0 Å². The van der Waals surface area contributed by atoms with Gasteiger partial charge in [0, 0.05) is 5.69 Å². The highest BCUT2D eigenvalue weighted by atomic mass is 19.1. The number of aromatic carboxylic acids is 1. The van der Waals surface area contributed by atoms with Gasteiger partial charge >= 0.3 is 5.97 Å². The lowest BCUT2D eigenvalue weighted by molar-refractivity contribution is 0.0698. The number of hydrogen-bond donors (Lipinski definition) is 1. The number of benzene rings is 1. The van der Waals surface area contributed by atoms with Crippen LogP contribution in [-0.4, -0.2) is 25.8 Å². The third kappa shape index (κ3) is 2.56. The standard InChI is InChI=1S/C17H16FN3O2/c1-9(2)14-8-13(17(22)23)15-10(3)20-21(16(15)19-14)12-6-4-11(18)5-7-12/h4-9H,1-3H3,(H,22,23). The maximum absolute atomic E-state index is 13.1. The second-order valence-electron chi connectivity index (χ2n) is 5.73. The van der Waals surface area contributed by atoms with Crippen LogP contribution in [0.25, 0.3) is 16.7 Å². The minimum atomic E-state index is -1.01. The maximum atomic E-state index is 13.1. The second-order valence-corrected chi connectivity index (χ2v) is 5.73. The van der Waals surface area contributed by atoms with Crippen LogP contribution >= 0.6 is 0 Å². The first-order valence-corrected chi connectivity index (χ1v) is 7.28. The Bertz CT molecular complexity index is 898. The van der Waals surface area contributed by atoms with Gasteiger partial charge in [-0.2, -0.15) is 5.10 Å². The molecule has 23 heavy (non-hydrogen) atoms. The highest BCUT2D eigenvalue weighted by Crippen LogP contribution is 2.27. The van der Waals surface area contributed by atoms with Gasteiger partial charge in [0.25, 0.3) is 0 Å². The topological polar surface area (TPSA) is 68.0 Å². The first kappa shape index (κ1) is 15.1. The Morgan fingerprint density at radius 1 is 1.26 bits per heavy atom. The molecule has 0 spiro atoms. The molecule has 0 aliphatic rings. The minimum Gasteiger partial charge on any atom is -0.478 e. The molecule has 0 amide bonds. The van der Waals surface area contributed by atoms with E-state index in [4.69, 9.17) is 0 Å². The number of aryl methyl sites for hydroxylation is 1. The van der Waals surface area contributed by atoms with E-state index in [0.29, 0.717) is 28.1 Å². The van der Waals surface area contributed by atoms with Gasteiger partial charge < -0.3 is 5.11 Å². The number of halogens is 1. The van der Waals surface area contributed by atoms with Crippen LogP contribution in [0.3, 0.4) is 0 Å². The van der Waals surface area contributed by atoms with Crippen molar-refractivity contribution in [1.29, 1.82) is 0 Å². The fraction of sp³-hybridized carbons (Fsp3) is 0.235. The quantitative estimate of drug-likeness (QED) is 0.800. The summed E-state index contributed by atoms with van der Waals surface area (Å²) in [5.74, 6) is -1.28. The Morgan fingerprint density at radius 3 is 2.48 bits per heavy atom. The van der Waals surface area contributed by atoms with E-state index in [-0.39, 0.29) is 17.3 Å². The number of nitrogens with zero attached hydrogens (tertiary/aromatic N) is 3. The number of pyridine rings is 1. The average Bonchev–Trinajstić information content (AvgIpc) is 2.84. The summed E-state index contributed by atoms with van der Waals surface area (Å²) >= 11 is 0. The normalized spacial score (nSPS) is 11.3. The Hall–Kier alpha value is -2.76. The summed E-state index contributed by atoms with van der Waals surface area (Å²) in [5.41, 5.74) is 2.54. The molecule has 2 heterocycles. The number of aromatic nitrogens is 3. The molecule has 1 aromatic carbocycles. The van der Waals surface area contributed by atoms with Crippen molar-refractivity contribution in [3.8, 4) is 5.69 Å². The van der Waals surface area contributed by atoms with Gasteiger partial charge in [-0.3, -0.25) is 0 Å². The van der Waals surface area contributed by atoms with E-state index >= 15 is 0 Å². The molecule has 0 atom stereocenters. The Balaban J connectivity index is 2.36. The minimum absolute atomic E-state index is 0.0781. The molecular formula is C17H16FN3O2. The van der Waals surface area contributed by atoms with E-state index in [2.05, 4.69) is 10.1 Å². The van der Waals surface area contributed by atoms with Gasteiger partial charge in [-0.15, -0.1) is 0 Å². The van der Waals surface area contributed by atoms with Crippen LogP contribution in [0.5, 0.6) is 0 Å². The lowest BCUT2D eigenvalue weighted by Crippen LogP contribution is -2.05. The van der Waals surface area contributed by atoms with Gasteiger partial charge in [-0.1, -0.05) is 13.8 Å². The van der Waals surface area contributed by atoms with Crippen molar-refractivity contribution in [1.82, 2.24) is 14.8 Å². The summed E-state index contributed by atoms with van der Waals surface area (Å²) < 4.78 is 14.7. The summed E-state index contributed by atoms with van der Waals surface area (Å²) in [4.78, 5) is 16.2. The van der Waals surface area contributed by atoms with E-state index in [1.54, 1.807) is 29.8 Å². The molecular weight excluding hydrogens is 297 g/mol. The molecule has 0 radical (unpaired) electrons. The van der Waals surface area contributed by atoms with Crippen molar-refractivity contribution in [3.63, 3.8) is 0 Å². The van der Waals surface area contributed by atoms with Crippen LogP contribution in [0, 0.1) is 12.7 Å². The first-order valence-electron chi connectivity index (χ1n) is 7.28. The van der Waals surface area contributed by atoms with Crippen LogP contribution in [0.4, 0.5) is 4.39 Å². The van der Waals surface area contributed by atoms with Crippen LogP contribution in [0.1, 0.15) is 41.5 Å². The predicted molar refractivity (Wildman–Crippen MR) is 84.6 cm³/mol. The Kier molecular flexibility index (Phi) is 3.60. The molecule has 2 aromatic heterocycles. The zero-order valence-electron chi connectivity index (χ0n) is 13.0. The predicted octanol–water partition coefficient (Wildman–Crippen LogP) is 3.69. The zero-order valence-corrected chi connectivity index (χ0v) is 13.0. The summed E-state index contributed by atoms with van der Waals surface area (Å²) in [7, 11) is 0. The van der Waals surface area contributed by atoms with Crippen LogP contribution < -0.4 is 0 Å². The summed E-state index contributed by atoms with van der Waals surface area (Å²) in [5, 5.41) is 14.4. The molecule has 0 fully saturated rings. The summed E-state index contributed by atoms with van der Waals surface area (Å²) in [6.07, 6.45) is 0. The van der Waals surface area contributed by atoms with Gasteiger partial charge in [0.1, 0.15) is 5.82 Å². The lowest BCUT2D eigenvalue weighted by atomic mass is 10.0. The largest absolute Gasteiger partial charge is 0.478 e. The SMILES string of the molecule is Cc1nn(-c2ccc(F)cc2)c2nc(C(C)C)cc(C(=O)O)c12. The summed E-state index contributed by atoms with van der Waals surface area (Å²) in [6.45, 7) is 5.64. The number of carbonyl (C=O) groups is 1. The van der Waals surface area contributed by atoms with E-state index in [0.717, 1.165) is 0 Å². The van der Waals surface area contributed by atoms with Crippen molar-refractivity contribution in [2.24, 2.45) is 0 Å². The Morgan fingerprint density at radius 2 is 1.91 bits per heavy atom. The number of carboxylic acids is 1. The molecule has 6 heteroatoms.